The average molecular weight is 386 g/mol. The molecular formula is C20H20F2N4O2. The molecule has 0 unspecified atom stereocenters. The normalized spacial score (nSPS) is 21.9. The van der Waals surface area contributed by atoms with E-state index in [1.54, 1.807) is 4.68 Å². The van der Waals surface area contributed by atoms with E-state index in [0.717, 1.165) is 23.4 Å². The lowest BCUT2D eigenvalue weighted by Crippen LogP contribution is -2.45. The van der Waals surface area contributed by atoms with Gasteiger partial charge in [-0.25, -0.2) is 13.5 Å². The Balaban J connectivity index is 1.41. The number of nitrogens with zero attached hydrogens (tertiary/aromatic N) is 3. The molecule has 1 aromatic heterocycles. The van der Waals surface area contributed by atoms with Crippen molar-refractivity contribution < 1.29 is 18.6 Å². The number of hydrogen-bond acceptors (Lipinski definition) is 5. The lowest BCUT2D eigenvalue weighted by molar-refractivity contribution is 0.0741. The summed E-state index contributed by atoms with van der Waals surface area (Å²) < 4.78 is 33.8. The maximum Gasteiger partial charge on any atom is 0.159 e. The number of aliphatic hydroxyl groups is 1. The minimum atomic E-state index is -0.893. The highest BCUT2D eigenvalue weighted by Crippen LogP contribution is 2.19. The van der Waals surface area contributed by atoms with Gasteiger partial charge in [0.25, 0.3) is 0 Å². The average Bonchev–Trinajstić information content (AvgIpc) is 3.31. The van der Waals surface area contributed by atoms with Crippen LogP contribution >= 0.6 is 0 Å². The lowest BCUT2D eigenvalue weighted by atomic mass is 10.1. The van der Waals surface area contributed by atoms with Gasteiger partial charge < -0.3 is 15.2 Å². The Labute approximate surface area is 160 Å². The van der Waals surface area contributed by atoms with Crippen LogP contribution in [0.15, 0.2) is 54.7 Å². The molecule has 0 aliphatic carbocycles. The Morgan fingerprint density at radius 1 is 1.14 bits per heavy atom. The van der Waals surface area contributed by atoms with E-state index in [1.165, 1.54) is 6.07 Å². The SMILES string of the molecule is O[C@H]1CO[C@H](Cn2cc(-c3ccccc3)nn2)[C@@H]1NCc1ccc(F)c(F)c1. The maximum absolute atomic E-state index is 13.4. The van der Waals surface area contributed by atoms with Gasteiger partial charge >= 0.3 is 0 Å². The first-order valence-electron chi connectivity index (χ1n) is 9.02. The van der Waals surface area contributed by atoms with E-state index in [4.69, 9.17) is 4.74 Å². The van der Waals surface area contributed by atoms with Gasteiger partial charge in [0, 0.05) is 12.1 Å². The zero-order chi connectivity index (χ0) is 19.5. The van der Waals surface area contributed by atoms with Crippen LogP contribution in [-0.4, -0.2) is 45.0 Å². The Hall–Kier alpha value is -2.68. The summed E-state index contributed by atoms with van der Waals surface area (Å²) in [4.78, 5) is 0. The van der Waals surface area contributed by atoms with Crippen molar-refractivity contribution in [2.75, 3.05) is 6.61 Å². The molecule has 0 amide bonds. The summed E-state index contributed by atoms with van der Waals surface area (Å²) in [7, 11) is 0. The van der Waals surface area contributed by atoms with Crippen molar-refractivity contribution in [2.45, 2.75) is 31.3 Å². The first-order valence-corrected chi connectivity index (χ1v) is 9.02. The summed E-state index contributed by atoms with van der Waals surface area (Å²) in [5, 5.41) is 21.7. The zero-order valence-corrected chi connectivity index (χ0v) is 15.0. The highest BCUT2D eigenvalue weighted by atomic mass is 19.2. The molecule has 0 saturated carbocycles. The third-order valence-electron chi connectivity index (χ3n) is 4.80. The molecule has 6 nitrogen and oxygen atoms in total. The van der Waals surface area contributed by atoms with Crippen LogP contribution in [0.25, 0.3) is 11.3 Å². The molecule has 0 radical (unpaired) electrons. The zero-order valence-electron chi connectivity index (χ0n) is 15.0. The van der Waals surface area contributed by atoms with E-state index in [9.17, 15) is 13.9 Å². The van der Waals surface area contributed by atoms with Gasteiger partial charge in [-0.1, -0.05) is 41.6 Å². The summed E-state index contributed by atoms with van der Waals surface area (Å²) in [6.07, 6.45) is 0.800. The standard InChI is InChI=1S/C20H20F2N4O2/c21-15-7-6-13(8-16(15)22)9-23-20-18(27)12-28-19(20)11-26-10-17(24-25-26)14-4-2-1-3-5-14/h1-8,10,18-20,23,27H,9,11-12H2/t18-,19+,20+/m0/s1. The molecule has 146 valence electrons. The first kappa shape index (κ1) is 18.7. The Kier molecular flexibility index (Phi) is 5.43. The molecule has 8 heteroatoms. The number of ether oxygens (including phenoxy) is 1. The topological polar surface area (TPSA) is 72.2 Å². The highest BCUT2D eigenvalue weighted by molar-refractivity contribution is 5.57. The third kappa shape index (κ3) is 4.09. The van der Waals surface area contributed by atoms with Gasteiger partial charge in [-0.15, -0.1) is 5.10 Å². The minimum Gasteiger partial charge on any atom is -0.389 e. The summed E-state index contributed by atoms with van der Waals surface area (Å²) in [6, 6.07) is 13.1. The Bertz CT molecular complexity index is 935. The second-order valence-electron chi connectivity index (χ2n) is 6.79. The van der Waals surface area contributed by atoms with Crippen LogP contribution in [0.1, 0.15) is 5.56 Å². The second-order valence-corrected chi connectivity index (χ2v) is 6.79. The van der Waals surface area contributed by atoms with Crippen LogP contribution in [-0.2, 0) is 17.8 Å². The van der Waals surface area contributed by atoms with E-state index in [0.29, 0.717) is 12.1 Å². The number of aliphatic hydroxyl groups excluding tert-OH is 1. The highest BCUT2D eigenvalue weighted by Gasteiger charge is 2.36. The second kappa shape index (κ2) is 8.14. The predicted molar refractivity (Wildman–Crippen MR) is 98.2 cm³/mol. The van der Waals surface area contributed by atoms with Gasteiger partial charge in [-0.2, -0.15) is 0 Å². The van der Waals surface area contributed by atoms with E-state index in [1.807, 2.05) is 36.5 Å². The summed E-state index contributed by atoms with van der Waals surface area (Å²) >= 11 is 0. The van der Waals surface area contributed by atoms with Crippen molar-refractivity contribution in [1.82, 2.24) is 20.3 Å². The largest absolute Gasteiger partial charge is 0.389 e. The van der Waals surface area contributed by atoms with Crippen molar-refractivity contribution in [3.8, 4) is 11.3 Å². The molecule has 2 heterocycles. The van der Waals surface area contributed by atoms with Gasteiger partial charge in [0.1, 0.15) is 5.69 Å². The van der Waals surface area contributed by atoms with Gasteiger partial charge in [-0.05, 0) is 17.7 Å². The molecule has 3 atom stereocenters. The van der Waals surface area contributed by atoms with E-state index in [2.05, 4.69) is 15.6 Å². The van der Waals surface area contributed by atoms with E-state index >= 15 is 0 Å². The van der Waals surface area contributed by atoms with Crippen LogP contribution in [0.2, 0.25) is 0 Å². The molecule has 0 spiro atoms. The van der Waals surface area contributed by atoms with Crippen molar-refractivity contribution >= 4 is 0 Å². The molecule has 2 aromatic carbocycles. The Morgan fingerprint density at radius 3 is 2.75 bits per heavy atom. The Morgan fingerprint density at radius 2 is 1.96 bits per heavy atom. The number of rotatable bonds is 6. The van der Waals surface area contributed by atoms with Crippen molar-refractivity contribution in [2.24, 2.45) is 0 Å². The molecule has 4 rings (SSSR count). The van der Waals surface area contributed by atoms with Crippen LogP contribution in [0.4, 0.5) is 8.78 Å². The van der Waals surface area contributed by atoms with Crippen molar-refractivity contribution in [3.63, 3.8) is 0 Å². The van der Waals surface area contributed by atoms with E-state index in [-0.39, 0.29) is 25.3 Å². The molecule has 1 aliphatic heterocycles. The molecule has 1 aliphatic rings. The van der Waals surface area contributed by atoms with Gasteiger partial charge in [0.2, 0.25) is 0 Å². The fourth-order valence-electron chi connectivity index (χ4n) is 3.31. The molecule has 3 aromatic rings. The van der Waals surface area contributed by atoms with Gasteiger partial charge in [0.15, 0.2) is 11.6 Å². The smallest absolute Gasteiger partial charge is 0.159 e. The van der Waals surface area contributed by atoms with Crippen LogP contribution in [0.5, 0.6) is 0 Å². The minimum absolute atomic E-state index is 0.195. The summed E-state index contributed by atoms with van der Waals surface area (Å²) in [5.41, 5.74) is 2.31. The molecule has 2 N–H and O–H groups in total. The predicted octanol–water partition coefficient (Wildman–Crippen LogP) is 2.14. The fraction of sp³-hybridized carbons (Fsp3) is 0.300. The number of halogens is 2. The quantitative estimate of drug-likeness (QED) is 0.679. The number of hydrogen-bond donors (Lipinski definition) is 2. The van der Waals surface area contributed by atoms with Crippen molar-refractivity contribution in [3.05, 3.63) is 71.9 Å². The summed E-state index contributed by atoms with van der Waals surface area (Å²) in [5.74, 6) is -1.78. The molecular weight excluding hydrogens is 366 g/mol. The van der Waals surface area contributed by atoms with Crippen LogP contribution in [0.3, 0.4) is 0 Å². The van der Waals surface area contributed by atoms with E-state index < -0.39 is 17.7 Å². The maximum atomic E-state index is 13.4. The van der Waals surface area contributed by atoms with Crippen LogP contribution < -0.4 is 5.32 Å². The number of benzene rings is 2. The van der Waals surface area contributed by atoms with Gasteiger partial charge in [-0.3, -0.25) is 0 Å². The number of aromatic nitrogens is 3. The summed E-state index contributed by atoms with van der Waals surface area (Å²) in [6.45, 7) is 0.887. The third-order valence-corrected chi connectivity index (χ3v) is 4.80. The molecule has 28 heavy (non-hydrogen) atoms. The van der Waals surface area contributed by atoms with Crippen LogP contribution in [0, 0.1) is 11.6 Å². The fourth-order valence-corrected chi connectivity index (χ4v) is 3.31. The first-order chi connectivity index (χ1) is 13.6. The molecule has 1 fully saturated rings. The number of nitrogens with one attached hydrogen (secondary N) is 1. The monoisotopic (exact) mass is 386 g/mol. The lowest BCUT2D eigenvalue weighted by Gasteiger charge is -2.21. The molecule has 1 saturated heterocycles. The van der Waals surface area contributed by atoms with Crippen molar-refractivity contribution in [1.29, 1.82) is 0 Å². The van der Waals surface area contributed by atoms with Gasteiger partial charge in [0.05, 0.1) is 37.6 Å². The molecule has 0 bridgehead atoms.